The average Bonchev–Trinajstić information content (AvgIpc) is 2.35. The summed E-state index contributed by atoms with van der Waals surface area (Å²) in [5.74, 6) is 1.48. The molecule has 1 aliphatic carbocycles. The topological polar surface area (TPSA) is 46.9 Å². The summed E-state index contributed by atoms with van der Waals surface area (Å²) < 4.78 is 1.25. The van der Waals surface area contributed by atoms with Gasteiger partial charge in [-0.3, -0.25) is 4.79 Å². The van der Waals surface area contributed by atoms with Gasteiger partial charge in [0, 0.05) is 13.6 Å². The van der Waals surface area contributed by atoms with Gasteiger partial charge in [0.05, 0.1) is 11.9 Å². The van der Waals surface area contributed by atoms with Gasteiger partial charge in [-0.2, -0.15) is 5.10 Å². The highest BCUT2D eigenvalue weighted by molar-refractivity contribution is 6.32. The molecule has 0 saturated heterocycles. The molecule has 2 atom stereocenters. The lowest BCUT2D eigenvalue weighted by molar-refractivity contribution is 0.293. The van der Waals surface area contributed by atoms with E-state index in [4.69, 9.17) is 11.6 Å². The molecule has 0 aromatic carbocycles. The van der Waals surface area contributed by atoms with Crippen molar-refractivity contribution in [3.8, 4) is 0 Å². The van der Waals surface area contributed by atoms with Gasteiger partial charge in [-0.25, -0.2) is 4.68 Å². The van der Waals surface area contributed by atoms with E-state index in [1.54, 1.807) is 13.2 Å². The number of nitrogens with zero attached hydrogens (tertiary/aromatic N) is 2. The Bertz CT molecular complexity index is 472. The monoisotopic (exact) mass is 269 g/mol. The minimum absolute atomic E-state index is 0.233. The van der Waals surface area contributed by atoms with Gasteiger partial charge in [-0.05, 0) is 24.7 Å². The molecule has 1 aromatic rings. The molecule has 0 spiro atoms. The van der Waals surface area contributed by atoms with Crippen LogP contribution in [-0.4, -0.2) is 16.3 Å². The summed E-state index contributed by atoms with van der Waals surface area (Å²) >= 11 is 6.01. The molecule has 5 heteroatoms. The first-order valence-electron chi connectivity index (χ1n) is 6.53. The first-order valence-corrected chi connectivity index (χ1v) is 6.91. The van der Waals surface area contributed by atoms with E-state index >= 15 is 0 Å². The van der Waals surface area contributed by atoms with E-state index < -0.39 is 0 Å². The molecule has 2 unspecified atom stereocenters. The zero-order valence-electron chi connectivity index (χ0n) is 10.9. The molecule has 0 bridgehead atoms. The van der Waals surface area contributed by atoms with Crippen LogP contribution < -0.4 is 10.9 Å². The van der Waals surface area contributed by atoms with Gasteiger partial charge in [-0.1, -0.05) is 31.4 Å². The van der Waals surface area contributed by atoms with Crippen molar-refractivity contribution in [1.82, 2.24) is 9.78 Å². The van der Waals surface area contributed by atoms with E-state index in [1.807, 2.05) is 0 Å². The van der Waals surface area contributed by atoms with Crippen LogP contribution in [-0.2, 0) is 7.05 Å². The second-order valence-electron chi connectivity index (χ2n) is 5.32. The number of halogens is 1. The second kappa shape index (κ2) is 5.74. The fourth-order valence-electron chi connectivity index (χ4n) is 2.63. The summed E-state index contributed by atoms with van der Waals surface area (Å²) in [6, 6.07) is 0. The number of hydrogen-bond acceptors (Lipinski definition) is 3. The fourth-order valence-corrected chi connectivity index (χ4v) is 2.87. The van der Waals surface area contributed by atoms with Gasteiger partial charge in [-0.15, -0.1) is 0 Å². The lowest BCUT2D eigenvalue weighted by Gasteiger charge is -2.27. The molecule has 0 radical (unpaired) electrons. The Balaban J connectivity index is 1.98. The highest BCUT2D eigenvalue weighted by atomic mass is 35.5. The van der Waals surface area contributed by atoms with Crippen LogP contribution in [0.4, 0.5) is 5.69 Å². The van der Waals surface area contributed by atoms with Crippen LogP contribution in [0.5, 0.6) is 0 Å². The van der Waals surface area contributed by atoms with Gasteiger partial charge >= 0.3 is 0 Å². The summed E-state index contributed by atoms with van der Waals surface area (Å²) in [5, 5.41) is 7.47. The first-order chi connectivity index (χ1) is 8.58. The predicted octanol–water partition coefficient (Wildman–Crippen LogP) is 2.67. The largest absolute Gasteiger partial charge is 0.382 e. The SMILES string of the molecule is CC1CCCC(CNc2cnn(C)c(=O)c2Cl)C1. The van der Waals surface area contributed by atoms with Gasteiger partial charge in [0.2, 0.25) is 0 Å². The molecule has 1 saturated carbocycles. The molecule has 18 heavy (non-hydrogen) atoms. The Kier molecular flexibility index (Phi) is 4.27. The van der Waals surface area contributed by atoms with Crippen LogP contribution in [0, 0.1) is 11.8 Å². The highest BCUT2D eigenvalue weighted by Gasteiger charge is 2.19. The van der Waals surface area contributed by atoms with E-state index in [9.17, 15) is 4.79 Å². The Labute approximate surface area is 112 Å². The van der Waals surface area contributed by atoms with Crippen molar-refractivity contribution in [2.24, 2.45) is 18.9 Å². The maximum atomic E-state index is 11.6. The zero-order valence-corrected chi connectivity index (χ0v) is 11.7. The van der Waals surface area contributed by atoms with Crippen LogP contribution in [0.25, 0.3) is 0 Å². The number of anilines is 1. The molecular formula is C13H20ClN3O. The van der Waals surface area contributed by atoms with Crippen LogP contribution >= 0.6 is 11.6 Å². The van der Waals surface area contributed by atoms with E-state index in [0.717, 1.165) is 12.5 Å². The molecule has 0 aliphatic heterocycles. The van der Waals surface area contributed by atoms with Gasteiger partial charge in [0.1, 0.15) is 5.02 Å². The van der Waals surface area contributed by atoms with Crippen LogP contribution in [0.1, 0.15) is 32.6 Å². The van der Waals surface area contributed by atoms with E-state index in [-0.39, 0.29) is 10.6 Å². The Hall–Kier alpha value is -1.03. The summed E-state index contributed by atoms with van der Waals surface area (Å²) in [6.07, 6.45) is 6.77. The molecule has 1 aromatic heterocycles. The molecule has 1 heterocycles. The third-order valence-electron chi connectivity index (χ3n) is 3.70. The molecule has 1 aliphatic rings. The Morgan fingerprint density at radius 2 is 2.33 bits per heavy atom. The van der Waals surface area contributed by atoms with Crippen molar-refractivity contribution >= 4 is 17.3 Å². The summed E-state index contributed by atoms with van der Waals surface area (Å²) in [7, 11) is 1.60. The van der Waals surface area contributed by atoms with Crippen molar-refractivity contribution in [3.63, 3.8) is 0 Å². The lowest BCUT2D eigenvalue weighted by Crippen LogP contribution is -2.24. The number of nitrogens with one attached hydrogen (secondary N) is 1. The third-order valence-corrected chi connectivity index (χ3v) is 4.07. The van der Waals surface area contributed by atoms with Gasteiger partial charge in [0.25, 0.3) is 5.56 Å². The average molecular weight is 270 g/mol. The number of rotatable bonds is 3. The van der Waals surface area contributed by atoms with E-state index in [1.165, 1.54) is 30.4 Å². The number of hydrogen-bond donors (Lipinski definition) is 1. The zero-order chi connectivity index (χ0) is 13.1. The lowest BCUT2D eigenvalue weighted by atomic mass is 9.82. The highest BCUT2D eigenvalue weighted by Crippen LogP contribution is 2.29. The maximum Gasteiger partial charge on any atom is 0.287 e. The quantitative estimate of drug-likeness (QED) is 0.918. The Morgan fingerprint density at radius 1 is 1.56 bits per heavy atom. The summed E-state index contributed by atoms with van der Waals surface area (Å²) in [5.41, 5.74) is 0.400. The summed E-state index contributed by atoms with van der Waals surface area (Å²) in [4.78, 5) is 11.6. The van der Waals surface area contributed by atoms with Crippen molar-refractivity contribution in [2.45, 2.75) is 32.6 Å². The number of aromatic nitrogens is 2. The maximum absolute atomic E-state index is 11.6. The normalized spacial score (nSPS) is 23.9. The van der Waals surface area contributed by atoms with Crippen LogP contribution in [0.3, 0.4) is 0 Å². The molecular weight excluding hydrogens is 250 g/mol. The standard InChI is InChI=1S/C13H20ClN3O/c1-9-4-3-5-10(6-9)7-15-11-8-16-17(2)13(18)12(11)14/h8-10,15H,3-7H2,1-2H3. The predicted molar refractivity (Wildman–Crippen MR) is 74.1 cm³/mol. The summed E-state index contributed by atoms with van der Waals surface area (Å²) in [6.45, 7) is 3.18. The first kappa shape index (κ1) is 13.4. The molecule has 100 valence electrons. The van der Waals surface area contributed by atoms with E-state index in [2.05, 4.69) is 17.3 Å². The van der Waals surface area contributed by atoms with Crippen molar-refractivity contribution < 1.29 is 0 Å². The number of aryl methyl sites for hydroxylation is 1. The molecule has 1 fully saturated rings. The molecule has 4 nitrogen and oxygen atoms in total. The van der Waals surface area contributed by atoms with Gasteiger partial charge in [0.15, 0.2) is 0 Å². The van der Waals surface area contributed by atoms with Gasteiger partial charge < -0.3 is 5.32 Å². The van der Waals surface area contributed by atoms with Crippen molar-refractivity contribution in [1.29, 1.82) is 0 Å². The third kappa shape index (κ3) is 3.05. The smallest absolute Gasteiger partial charge is 0.287 e. The molecule has 1 N–H and O–H groups in total. The Morgan fingerprint density at radius 3 is 3.06 bits per heavy atom. The van der Waals surface area contributed by atoms with Crippen LogP contribution in [0.15, 0.2) is 11.0 Å². The second-order valence-corrected chi connectivity index (χ2v) is 5.70. The molecule has 2 rings (SSSR count). The van der Waals surface area contributed by atoms with Crippen LogP contribution in [0.2, 0.25) is 5.02 Å². The minimum atomic E-state index is -0.251. The molecule has 0 amide bonds. The van der Waals surface area contributed by atoms with E-state index in [0.29, 0.717) is 11.6 Å². The fraction of sp³-hybridized carbons (Fsp3) is 0.692. The van der Waals surface area contributed by atoms with Crippen molar-refractivity contribution in [3.05, 3.63) is 21.6 Å². The van der Waals surface area contributed by atoms with Crippen molar-refractivity contribution in [2.75, 3.05) is 11.9 Å². The minimum Gasteiger partial charge on any atom is -0.382 e.